The van der Waals surface area contributed by atoms with Gasteiger partial charge in [0.05, 0.1) is 30.9 Å². The van der Waals surface area contributed by atoms with Crippen molar-refractivity contribution < 1.29 is 14.0 Å². The number of hydrogen-bond donors (Lipinski definition) is 1. The molecular formula is C17H20N3NaO3S. The van der Waals surface area contributed by atoms with Crippen molar-refractivity contribution in [2.24, 2.45) is 0 Å². The van der Waals surface area contributed by atoms with Crippen LogP contribution >= 0.6 is 0 Å². The Morgan fingerprint density at radius 1 is 1.20 bits per heavy atom. The molecule has 2 aromatic heterocycles. The number of benzene rings is 1. The van der Waals surface area contributed by atoms with Crippen LogP contribution in [0.5, 0.6) is 11.5 Å². The standard InChI is InChI=1S/C17H19N3O3S.Na.H/c1-10-8-18-15(11(2)16(10)23-4)9-24(21)17-19-13-6-5-12(22-3)7-14(13)20-17;;/h5-8H,9H2,1-4H3,(H,19,20);;/t24-;;/m0../s1. The Bertz CT molecular complexity index is 885. The topological polar surface area (TPSA) is 83.1 Å². The minimum atomic E-state index is -1.33. The molecule has 128 valence electrons. The molecule has 0 spiro atoms. The number of imidazole rings is 1. The number of nitrogens with one attached hydrogen (secondary N) is 1. The molecule has 8 heteroatoms. The molecule has 1 N–H and O–H groups in total. The Labute approximate surface area is 171 Å². The second-order valence-electron chi connectivity index (χ2n) is 5.46. The third-order valence-corrected chi connectivity index (χ3v) is 5.06. The van der Waals surface area contributed by atoms with E-state index >= 15 is 0 Å². The Balaban J connectivity index is 0.00000225. The molecule has 25 heavy (non-hydrogen) atoms. The Morgan fingerprint density at radius 2 is 1.96 bits per heavy atom. The maximum atomic E-state index is 12.7. The van der Waals surface area contributed by atoms with E-state index in [0.29, 0.717) is 10.9 Å². The predicted molar refractivity (Wildman–Crippen MR) is 100 cm³/mol. The molecule has 0 aliphatic carbocycles. The number of fused-ring (bicyclic) bond motifs is 1. The number of methoxy groups -OCH3 is 2. The second-order valence-corrected chi connectivity index (χ2v) is 6.83. The van der Waals surface area contributed by atoms with Crippen molar-refractivity contribution >= 4 is 51.8 Å². The summed E-state index contributed by atoms with van der Waals surface area (Å²) in [4.78, 5) is 11.9. The number of nitrogens with zero attached hydrogens (tertiary/aromatic N) is 2. The fourth-order valence-corrected chi connectivity index (χ4v) is 3.71. The van der Waals surface area contributed by atoms with Crippen LogP contribution in [0.1, 0.15) is 16.8 Å². The first kappa shape index (κ1) is 20.1. The zero-order valence-electron chi connectivity index (χ0n) is 14.0. The van der Waals surface area contributed by atoms with E-state index in [1.54, 1.807) is 20.4 Å². The Hall–Kier alpha value is -1.25. The van der Waals surface area contributed by atoms with Crippen LogP contribution in [0, 0.1) is 13.8 Å². The zero-order valence-corrected chi connectivity index (χ0v) is 14.9. The van der Waals surface area contributed by atoms with Gasteiger partial charge in [-0.05, 0) is 26.0 Å². The van der Waals surface area contributed by atoms with E-state index in [9.17, 15) is 4.55 Å². The molecule has 0 bridgehead atoms. The summed E-state index contributed by atoms with van der Waals surface area (Å²) in [6.45, 7) is 3.86. The van der Waals surface area contributed by atoms with E-state index in [1.165, 1.54) is 0 Å². The molecule has 0 saturated heterocycles. The molecule has 3 rings (SSSR count). The van der Waals surface area contributed by atoms with E-state index in [-0.39, 0.29) is 35.3 Å². The van der Waals surface area contributed by atoms with Crippen LogP contribution < -0.4 is 9.47 Å². The molecule has 0 radical (unpaired) electrons. The first-order chi connectivity index (χ1) is 11.5. The summed E-state index contributed by atoms with van der Waals surface area (Å²) in [6.07, 6.45) is 1.74. The Morgan fingerprint density at radius 3 is 2.64 bits per heavy atom. The number of pyridine rings is 1. The van der Waals surface area contributed by atoms with Gasteiger partial charge in [-0.25, -0.2) is 0 Å². The van der Waals surface area contributed by atoms with Gasteiger partial charge in [0.1, 0.15) is 11.5 Å². The summed E-state index contributed by atoms with van der Waals surface area (Å²) in [7, 11) is 3.23. The van der Waals surface area contributed by atoms with E-state index in [0.717, 1.165) is 33.6 Å². The van der Waals surface area contributed by atoms with Gasteiger partial charge in [-0.2, -0.15) is 4.98 Å². The van der Waals surface area contributed by atoms with Crippen molar-refractivity contribution in [1.29, 1.82) is 0 Å². The minimum absolute atomic E-state index is 0. The van der Waals surface area contributed by atoms with E-state index < -0.39 is 11.2 Å². The van der Waals surface area contributed by atoms with Gasteiger partial charge in [-0.3, -0.25) is 9.97 Å². The zero-order chi connectivity index (χ0) is 17.3. The fourth-order valence-electron chi connectivity index (χ4n) is 2.61. The van der Waals surface area contributed by atoms with Gasteiger partial charge < -0.3 is 14.0 Å². The summed E-state index contributed by atoms with van der Waals surface area (Å²) in [5.41, 5.74) is 4.16. The summed E-state index contributed by atoms with van der Waals surface area (Å²) in [5.74, 6) is 1.78. The van der Waals surface area contributed by atoms with Crippen molar-refractivity contribution in [1.82, 2.24) is 15.0 Å². The first-order valence-corrected chi connectivity index (χ1v) is 8.76. The van der Waals surface area contributed by atoms with Crippen LogP contribution in [0.4, 0.5) is 0 Å². The third kappa shape index (κ3) is 4.12. The summed E-state index contributed by atoms with van der Waals surface area (Å²) >= 11 is -1.33. The van der Waals surface area contributed by atoms with Gasteiger partial charge in [0.25, 0.3) is 0 Å². The quantitative estimate of drug-likeness (QED) is 0.551. The number of aromatic nitrogens is 3. The van der Waals surface area contributed by atoms with E-state index in [2.05, 4.69) is 15.0 Å². The average molecular weight is 369 g/mol. The summed E-state index contributed by atoms with van der Waals surface area (Å²) < 4.78 is 23.3. The molecule has 0 aliphatic heterocycles. The molecule has 0 unspecified atom stereocenters. The number of aryl methyl sites for hydroxylation is 1. The van der Waals surface area contributed by atoms with Crippen LogP contribution in [0.15, 0.2) is 29.6 Å². The molecule has 0 aliphatic rings. The molecule has 0 saturated carbocycles. The summed E-state index contributed by atoms with van der Waals surface area (Å²) in [6, 6.07) is 5.51. The van der Waals surface area contributed by atoms with Crippen LogP contribution in [0.2, 0.25) is 0 Å². The molecule has 1 atom stereocenters. The molecule has 6 nitrogen and oxygen atoms in total. The molecular weight excluding hydrogens is 349 g/mol. The predicted octanol–water partition coefficient (Wildman–Crippen LogP) is 2.25. The summed E-state index contributed by atoms with van der Waals surface area (Å²) in [5, 5.41) is 0.430. The van der Waals surface area contributed by atoms with Crippen molar-refractivity contribution in [2.75, 3.05) is 14.2 Å². The van der Waals surface area contributed by atoms with Crippen molar-refractivity contribution in [2.45, 2.75) is 24.8 Å². The number of aromatic amines is 1. The first-order valence-electron chi connectivity index (χ1n) is 7.44. The normalized spacial score (nSPS) is 11.9. The van der Waals surface area contributed by atoms with Gasteiger partial charge in [0, 0.05) is 34.6 Å². The molecule has 2 heterocycles. The molecule has 0 fully saturated rings. The van der Waals surface area contributed by atoms with Crippen LogP contribution in [0.3, 0.4) is 0 Å². The van der Waals surface area contributed by atoms with Gasteiger partial charge in [-0.15, -0.1) is 0 Å². The van der Waals surface area contributed by atoms with Gasteiger partial charge in [0.15, 0.2) is 5.75 Å². The van der Waals surface area contributed by atoms with Crippen molar-refractivity contribution in [3.63, 3.8) is 0 Å². The van der Waals surface area contributed by atoms with Crippen molar-refractivity contribution in [3.8, 4) is 11.5 Å². The fraction of sp³-hybridized carbons (Fsp3) is 0.294. The van der Waals surface area contributed by atoms with Crippen LogP contribution in [-0.4, -0.2) is 63.3 Å². The van der Waals surface area contributed by atoms with Gasteiger partial charge >= 0.3 is 34.7 Å². The Kier molecular flexibility index (Phi) is 6.76. The molecule has 0 amide bonds. The monoisotopic (exact) mass is 369 g/mol. The van der Waals surface area contributed by atoms with Gasteiger partial charge in [-0.1, -0.05) is 0 Å². The molecule has 1 aromatic carbocycles. The van der Waals surface area contributed by atoms with E-state index in [1.807, 2.05) is 32.0 Å². The van der Waals surface area contributed by atoms with Crippen LogP contribution in [0.25, 0.3) is 11.0 Å². The number of H-pyrrole nitrogens is 1. The second kappa shape index (κ2) is 8.42. The van der Waals surface area contributed by atoms with Crippen LogP contribution in [-0.2, 0) is 16.9 Å². The molecule has 3 aromatic rings. The number of rotatable bonds is 5. The third-order valence-electron chi connectivity index (χ3n) is 3.90. The van der Waals surface area contributed by atoms with Gasteiger partial charge in [0.2, 0.25) is 0 Å². The SMILES string of the molecule is COc1ccc2[nH]c([S@@+]([O-])Cc3ncc(C)c(OC)c3C)nc2c1.[NaH]. The van der Waals surface area contributed by atoms with Crippen molar-refractivity contribution in [3.05, 3.63) is 41.2 Å². The number of hydrogen-bond acceptors (Lipinski definition) is 5. The van der Waals surface area contributed by atoms with E-state index in [4.69, 9.17) is 9.47 Å². The number of ether oxygens (including phenoxy) is 2. The average Bonchev–Trinajstić information content (AvgIpc) is 3.01. The maximum absolute atomic E-state index is 12.7.